The second-order valence-corrected chi connectivity index (χ2v) is 20.0. The fourth-order valence-electron chi connectivity index (χ4n) is 8.87. The van der Waals surface area contributed by atoms with Crippen LogP contribution in [0.1, 0.15) is 123 Å². The molecule has 67 heavy (non-hydrogen) atoms. The minimum absolute atomic E-state index is 0.0128. The molecule has 0 spiro atoms. The van der Waals surface area contributed by atoms with E-state index in [4.69, 9.17) is 4.98 Å². The van der Waals surface area contributed by atoms with Crippen LogP contribution in [0.2, 0.25) is 0 Å². The van der Waals surface area contributed by atoms with Gasteiger partial charge in [0.15, 0.2) is 0 Å². The molecule has 0 unspecified atom stereocenters. The maximum atomic E-state index is 14.0. The van der Waals surface area contributed by atoms with Crippen LogP contribution >= 0.6 is 11.3 Å². The molecule has 0 bridgehead atoms. The summed E-state index contributed by atoms with van der Waals surface area (Å²) < 4.78 is 0. The van der Waals surface area contributed by atoms with Crippen molar-refractivity contribution in [2.45, 2.75) is 130 Å². The molecule has 356 valence electrons. The number of aliphatic hydroxyl groups excluding tert-OH is 1. The third-order valence-electron chi connectivity index (χ3n) is 12.8. The summed E-state index contributed by atoms with van der Waals surface area (Å²) in [6.45, 7) is 12.5. The molecule has 3 aromatic carbocycles. The number of aliphatic hydroxyl groups is 1. The Hall–Kier alpha value is -5.97. The largest absolute Gasteiger partial charge is 0.391 e. The molecule has 2 aliphatic rings. The van der Waals surface area contributed by atoms with Crippen LogP contribution < -0.4 is 21.3 Å². The molecule has 2 saturated heterocycles. The van der Waals surface area contributed by atoms with E-state index in [9.17, 15) is 29.1 Å². The number of carbonyl (C=O) groups is 5. The number of hydrogen-bond donors (Lipinski definition) is 6. The van der Waals surface area contributed by atoms with Crippen LogP contribution in [0.25, 0.3) is 21.5 Å². The van der Waals surface area contributed by atoms with E-state index in [-0.39, 0.29) is 55.5 Å². The first-order valence-corrected chi connectivity index (χ1v) is 24.5. The number of rotatable bonds is 19. The zero-order valence-electron chi connectivity index (χ0n) is 39.3. The number of likely N-dealkylation sites (tertiary alicyclic amines) is 2. The van der Waals surface area contributed by atoms with Gasteiger partial charge in [-0.15, -0.1) is 11.3 Å². The molecule has 15 nitrogen and oxygen atoms in total. The summed E-state index contributed by atoms with van der Waals surface area (Å²) in [5.41, 5.74) is 7.37. The van der Waals surface area contributed by atoms with E-state index in [0.717, 1.165) is 77.3 Å². The summed E-state index contributed by atoms with van der Waals surface area (Å²) in [6.07, 6.45) is 5.89. The van der Waals surface area contributed by atoms with Gasteiger partial charge in [-0.25, -0.2) is 9.97 Å². The van der Waals surface area contributed by atoms with Gasteiger partial charge in [-0.2, -0.15) is 0 Å². The fourth-order valence-corrected chi connectivity index (χ4v) is 9.68. The molecule has 4 heterocycles. The Balaban J connectivity index is 0.783. The topological polar surface area (TPSA) is 202 Å². The minimum atomic E-state index is -0.883. The van der Waals surface area contributed by atoms with Gasteiger partial charge in [0.25, 0.3) is 11.8 Å². The van der Waals surface area contributed by atoms with Crippen LogP contribution in [0.5, 0.6) is 0 Å². The Kier molecular flexibility index (Phi) is 16.2. The third-order valence-corrected chi connectivity index (χ3v) is 13.8. The number of amides is 5. The summed E-state index contributed by atoms with van der Waals surface area (Å²) in [5, 5.41) is 22.4. The van der Waals surface area contributed by atoms with Crippen molar-refractivity contribution in [3.8, 4) is 10.4 Å². The second kappa shape index (κ2) is 22.2. The number of aryl methyl sites for hydroxylation is 1. The lowest BCUT2D eigenvalue weighted by Crippen LogP contribution is -2.57. The lowest BCUT2D eigenvalue weighted by molar-refractivity contribution is -0.144. The van der Waals surface area contributed by atoms with Crippen LogP contribution in [-0.2, 0) is 27.5 Å². The number of benzene rings is 3. The Morgan fingerprint density at radius 3 is 2.31 bits per heavy atom. The van der Waals surface area contributed by atoms with Crippen molar-refractivity contribution >= 4 is 57.6 Å². The molecule has 0 saturated carbocycles. The molecular formula is C51H65N9O6S. The number of nitrogens with one attached hydrogen (secondary N) is 5. The van der Waals surface area contributed by atoms with E-state index >= 15 is 0 Å². The van der Waals surface area contributed by atoms with Crippen molar-refractivity contribution in [3.63, 3.8) is 0 Å². The van der Waals surface area contributed by atoms with Gasteiger partial charge in [-0.3, -0.25) is 28.9 Å². The molecule has 5 aromatic rings. The second-order valence-electron chi connectivity index (χ2n) is 19.1. The Morgan fingerprint density at radius 2 is 1.63 bits per heavy atom. The van der Waals surface area contributed by atoms with Gasteiger partial charge in [0.2, 0.25) is 17.7 Å². The molecule has 4 atom stereocenters. The smallest absolute Gasteiger partial charge is 0.255 e. The SMILES string of the molecule is Cc1ncsc1-c1ccc(CNC(=O)[C@@H]2C[C@@H](O)CN2C(=O)[C@@H](NC(=O)CCCCCCCNC(=O)c2ccc(C(=O)Nc3ccc4[nH]c(CN5CCC[C@@H]5C)nc4c3)cc2)C(C)(C)C)cc1. The average Bonchev–Trinajstić information content (AvgIpc) is 4.12. The van der Waals surface area contributed by atoms with Crippen molar-refractivity contribution in [2.24, 2.45) is 5.41 Å². The number of β-amino-alcohol motifs (C(OH)–C–C–N with tert-alkyl or cyclic N) is 1. The van der Waals surface area contributed by atoms with Crippen molar-refractivity contribution in [2.75, 3.05) is 25.0 Å². The fraction of sp³-hybridized carbons (Fsp3) is 0.471. The number of hydrogen-bond acceptors (Lipinski definition) is 10. The van der Waals surface area contributed by atoms with E-state index in [0.29, 0.717) is 35.8 Å². The van der Waals surface area contributed by atoms with Gasteiger partial charge in [0.05, 0.1) is 39.8 Å². The number of fused-ring (bicyclic) bond motifs is 1. The van der Waals surface area contributed by atoms with Gasteiger partial charge in [0.1, 0.15) is 17.9 Å². The number of thiazole rings is 1. The Morgan fingerprint density at radius 1 is 0.910 bits per heavy atom. The van der Waals surface area contributed by atoms with Crippen molar-refractivity contribution in [1.29, 1.82) is 0 Å². The molecule has 0 radical (unpaired) electrons. The molecule has 2 aromatic heterocycles. The van der Waals surface area contributed by atoms with E-state index in [1.165, 1.54) is 17.7 Å². The van der Waals surface area contributed by atoms with Crippen molar-refractivity contribution in [1.82, 2.24) is 40.7 Å². The quantitative estimate of drug-likeness (QED) is 0.0467. The van der Waals surface area contributed by atoms with Crippen LogP contribution in [0.4, 0.5) is 5.69 Å². The van der Waals surface area contributed by atoms with E-state index < -0.39 is 23.6 Å². The molecule has 2 aliphatic heterocycles. The highest BCUT2D eigenvalue weighted by Crippen LogP contribution is 2.29. The number of aromatic amines is 1. The molecule has 16 heteroatoms. The summed E-state index contributed by atoms with van der Waals surface area (Å²) in [7, 11) is 0. The summed E-state index contributed by atoms with van der Waals surface area (Å²) in [4.78, 5) is 83.9. The number of carbonyl (C=O) groups excluding carboxylic acids is 5. The lowest BCUT2D eigenvalue weighted by Gasteiger charge is -2.35. The number of imidazole rings is 1. The summed E-state index contributed by atoms with van der Waals surface area (Å²) >= 11 is 1.58. The van der Waals surface area contributed by atoms with Crippen molar-refractivity contribution < 1.29 is 29.1 Å². The van der Waals surface area contributed by atoms with Gasteiger partial charge in [-0.05, 0) is 105 Å². The number of unbranched alkanes of at least 4 members (excludes halogenated alkanes) is 4. The van der Waals surface area contributed by atoms with Crippen LogP contribution in [-0.4, -0.2) is 103 Å². The first kappa shape index (κ1) is 48.9. The lowest BCUT2D eigenvalue weighted by atomic mass is 9.85. The maximum absolute atomic E-state index is 14.0. The Bertz CT molecular complexity index is 2510. The molecule has 0 aliphatic carbocycles. The molecular weight excluding hydrogens is 867 g/mol. The third kappa shape index (κ3) is 12.9. The highest BCUT2D eigenvalue weighted by Gasteiger charge is 2.44. The monoisotopic (exact) mass is 931 g/mol. The zero-order valence-corrected chi connectivity index (χ0v) is 40.1. The number of aromatic nitrogens is 3. The van der Waals surface area contributed by atoms with Crippen LogP contribution in [0.15, 0.2) is 72.2 Å². The summed E-state index contributed by atoms with van der Waals surface area (Å²) in [6, 6.07) is 18.9. The minimum Gasteiger partial charge on any atom is -0.391 e. The van der Waals surface area contributed by atoms with E-state index in [1.54, 1.807) is 35.6 Å². The van der Waals surface area contributed by atoms with E-state index in [1.807, 2.05) is 75.7 Å². The maximum Gasteiger partial charge on any atom is 0.255 e. The number of H-pyrrole nitrogens is 1. The van der Waals surface area contributed by atoms with Crippen molar-refractivity contribution in [3.05, 3.63) is 100 Å². The number of anilines is 1. The molecule has 5 amide bonds. The predicted molar refractivity (Wildman–Crippen MR) is 261 cm³/mol. The van der Waals surface area contributed by atoms with Gasteiger partial charge < -0.3 is 36.3 Å². The van der Waals surface area contributed by atoms with Gasteiger partial charge >= 0.3 is 0 Å². The van der Waals surface area contributed by atoms with Crippen LogP contribution in [0, 0.1) is 12.3 Å². The van der Waals surface area contributed by atoms with E-state index in [2.05, 4.69) is 43.1 Å². The van der Waals surface area contributed by atoms with Gasteiger partial charge in [-0.1, -0.05) is 64.3 Å². The molecule has 6 N–H and O–H groups in total. The standard InChI is InChI=1S/C51H65N9O6S/c1-32-12-11-25-59(32)30-43-56-40-23-22-38(26-41(40)57-43)55-48(64)37-20-18-36(19-21-37)47(63)52-24-10-8-6-7-9-13-44(62)58-46(51(3,4)5)50(66)60-29-39(61)27-42(60)49(65)53-28-34-14-16-35(17-15-34)45-33(2)54-31-67-45/h14-23,26,31-32,39,42,46,61H,6-13,24-25,27-30H2,1-5H3,(H,52,63)(H,53,65)(H,55,64)(H,56,57)(H,58,62)/t32-,39+,42-,46+/m0/s1. The molecule has 7 rings (SSSR count). The first-order valence-electron chi connectivity index (χ1n) is 23.6. The normalized spacial score (nSPS) is 17.9. The predicted octanol–water partition coefficient (Wildman–Crippen LogP) is 7.11. The Labute approximate surface area is 396 Å². The zero-order chi connectivity index (χ0) is 47.7. The van der Waals surface area contributed by atoms with Gasteiger partial charge in [0, 0.05) is 55.3 Å². The highest BCUT2D eigenvalue weighted by atomic mass is 32.1. The summed E-state index contributed by atoms with van der Waals surface area (Å²) in [5.74, 6) is -0.552. The first-order chi connectivity index (χ1) is 32.1. The highest BCUT2D eigenvalue weighted by molar-refractivity contribution is 7.13. The average molecular weight is 932 g/mol. The number of nitrogens with zero attached hydrogens (tertiary/aromatic N) is 4. The molecule has 2 fully saturated rings. The van der Waals surface area contributed by atoms with Crippen LogP contribution in [0.3, 0.4) is 0 Å².